The molecule has 6 nitrogen and oxygen atoms in total. The standard InChI is InChI=1S/C16H25NO5/c1-6-10(7-2)8-9(3)12(18)11-13(19)14(21-4)16(22-5)17-15(11)20/h9-10H,6-8H2,1-5H3,(H2,17,19,20). The zero-order valence-electron chi connectivity index (χ0n) is 13.9. The summed E-state index contributed by atoms with van der Waals surface area (Å²) in [5, 5.41) is 10.2. The number of nitrogens with one attached hydrogen (secondary N) is 1. The van der Waals surface area contributed by atoms with Crippen molar-refractivity contribution in [3.63, 3.8) is 0 Å². The number of aromatic nitrogens is 1. The van der Waals surface area contributed by atoms with Crippen molar-refractivity contribution in [3.8, 4) is 17.4 Å². The second-order valence-corrected chi connectivity index (χ2v) is 5.43. The number of carbonyl (C=O) groups excluding carboxylic acids is 1. The number of ether oxygens (including phenoxy) is 2. The van der Waals surface area contributed by atoms with Crippen molar-refractivity contribution in [2.45, 2.75) is 40.0 Å². The molecule has 0 aliphatic heterocycles. The number of aromatic hydroxyl groups is 1. The first-order valence-electron chi connectivity index (χ1n) is 7.52. The first-order valence-corrected chi connectivity index (χ1v) is 7.52. The molecule has 0 aliphatic carbocycles. The van der Waals surface area contributed by atoms with Gasteiger partial charge in [0.15, 0.2) is 11.5 Å². The lowest BCUT2D eigenvalue weighted by molar-refractivity contribution is 0.0905. The van der Waals surface area contributed by atoms with Gasteiger partial charge in [-0.2, -0.15) is 0 Å². The topological polar surface area (TPSA) is 88.6 Å². The van der Waals surface area contributed by atoms with Crippen LogP contribution in [0.1, 0.15) is 50.4 Å². The number of hydrogen-bond acceptors (Lipinski definition) is 5. The largest absolute Gasteiger partial charge is 0.503 e. The quantitative estimate of drug-likeness (QED) is 0.721. The van der Waals surface area contributed by atoms with Gasteiger partial charge >= 0.3 is 0 Å². The zero-order chi connectivity index (χ0) is 16.9. The Labute approximate surface area is 130 Å². The molecule has 0 radical (unpaired) electrons. The first kappa shape index (κ1) is 18.1. The van der Waals surface area contributed by atoms with Crippen molar-refractivity contribution in [1.29, 1.82) is 0 Å². The van der Waals surface area contributed by atoms with Crippen LogP contribution in [0.3, 0.4) is 0 Å². The molecule has 124 valence electrons. The van der Waals surface area contributed by atoms with E-state index in [9.17, 15) is 14.7 Å². The van der Waals surface area contributed by atoms with E-state index in [-0.39, 0.29) is 28.9 Å². The molecule has 6 heteroatoms. The summed E-state index contributed by atoms with van der Waals surface area (Å²) in [6, 6.07) is 0. The highest BCUT2D eigenvalue weighted by Gasteiger charge is 2.28. The Morgan fingerprint density at radius 3 is 2.27 bits per heavy atom. The Kier molecular flexibility index (Phi) is 6.46. The van der Waals surface area contributed by atoms with Gasteiger partial charge in [0.1, 0.15) is 5.56 Å². The fraction of sp³-hybridized carbons (Fsp3) is 0.625. The van der Waals surface area contributed by atoms with Gasteiger partial charge in [-0.1, -0.05) is 33.6 Å². The van der Waals surface area contributed by atoms with Crippen molar-refractivity contribution < 1.29 is 19.4 Å². The third-order valence-electron chi connectivity index (χ3n) is 4.06. The third kappa shape index (κ3) is 3.61. The molecule has 1 atom stereocenters. The Hall–Kier alpha value is -1.98. The highest BCUT2D eigenvalue weighted by Crippen LogP contribution is 2.36. The molecule has 1 aromatic heterocycles. The molecular weight excluding hydrogens is 286 g/mol. The van der Waals surface area contributed by atoms with E-state index in [1.165, 1.54) is 14.2 Å². The second-order valence-electron chi connectivity index (χ2n) is 5.43. The molecule has 0 aromatic carbocycles. The number of Topliss-reactive ketones (excluding diaryl/α,β-unsaturated/α-hetero) is 1. The molecule has 0 bridgehead atoms. The average Bonchev–Trinajstić information content (AvgIpc) is 2.51. The molecule has 2 N–H and O–H groups in total. The van der Waals surface area contributed by atoms with Crippen molar-refractivity contribution >= 4 is 5.78 Å². The predicted octanol–water partition coefficient (Wildman–Crippen LogP) is 2.74. The van der Waals surface area contributed by atoms with Gasteiger partial charge in [0.2, 0.25) is 11.6 Å². The normalized spacial score (nSPS) is 12.3. The molecule has 22 heavy (non-hydrogen) atoms. The Balaban J connectivity index is 3.21. The van der Waals surface area contributed by atoms with Gasteiger partial charge in [-0.15, -0.1) is 0 Å². The second kappa shape index (κ2) is 7.87. The van der Waals surface area contributed by atoms with E-state index >= 15 is 0 Å². The van der Waals surface area contributed by atoms with Gasteiger partial charge in [-0.05, 0) is 12.3 Å². The van der Waals surface area contributed by atoms with Crippen LogP contribution in [0.15, 0.2) is 4.79 Å². The fourth-order valence-corrected chi connectivity index (χ4v) is 2.59. The molecule has 1 rings (SSSR count). The van der Waals surface area contributed by atoms with Gasteiger partial charge in [0.05, 0.1) is 14.2 Å². The van der Waals surface area contributed by atoms with E-state index in [1.54, 1.807) is 6.92 Å². The minimum Gasteiger partial charge on any atom is -0.503 e. The number of H-pyrrole nitrogens is 1. The summed E-state index contributed by atoms with van der Waals surface area (Å²) < 4.78 is 9.96. The van der Waals surface area contributed by atoms with Gasteiger partial charge < -0.3 is 14.6 Å². The van der Waals surface area contributed by atoms with Crippen molar-refractivity contribution in [1.82, 2.24) is 4.98 Å². The van der Waals surface area contributed by atoms with Crippen LogP contribution in [0.4, 0.5) is 0 Å². The molecule has 1 unspecified atom stereocenters. The van der Waals surface area contributed by atoms with Crippen LogP contribution in [-0.4, -0.2) is 30.1 Å². The molecule has 1 aromatic rings. The maximum absolute atomic E-state index is 12.5. The van der Waals surface area contributed by atoms with E-state index in [1.807, 2.05) is 0 Å². The number of methoxy groups -OCH3 is 2. The van der Waals surface area contributed by atoms with E-state index < -0.39 is 11.3 Å². The van der Waals surface area contributed by atoms with Gasteiger partial charge in [-0.3, -0.25) is 14.6 Å². The first-order chi connectivity index (χ1) is 10.4. The van der Waals surface area contributed by atoms with Crippen LogP contribution in [0.25, 0.3) is 0 Å². The fourth-order valence-electron chi connectivity index (χ4n) is 2.59. The predicted molar refractivity (Wildman–Crippen MR) is 84.0 cm³/mol. The van der Waals surface area contributed by atoms with Crippen LogP contribution < -0.4 is 15.0 Å². The summed E-state index contributed by atoms with van der Waals surface area (Å²) in [6.45, 7) is 5.92. The average molecular weight is 311 g/mol. The lowest BCUT2D eigenvalue weighted by Gasteiger charge is -2.18. The molecule has 0 saturated carbocycles. The molecule has 0 fully saturated rings. The van der Waals surface area contributed by atoms with E-state index in [0.717, 1.165) is 12.8 Å². The highest BCUT2D eigenvalue weighted by molar-refractivity contribution is 6.00. The lowest BCUT2D eigenvalue weighted by Crippen LogP contribution is -2.24. The maximum atomic E-state index is 12.5. The summed E-state index contributed by atoms with van der Waals surface area (Å²) in [5.41, 5.74) is -0.937. The van der Waals surface area contributed by atoms with Crippen LogP contribution in [0, 0.1) is 11.8 Å². The third-order valence-corrected chi connectivity index (χ3v) is 4.06. The van der Waals surface area contributed by atoms with E-state index in [2.05, 4.69) is 18.8 Å². The summed E-state index contributed by atoms with van der Waals surface area (Å²) >= 11 is 0. The molecule has 0 saturated heterocycles. The smallest absolute Gasteiger partial charge is 0.265 e. The van der Waals surface area contributed by atoms with E-state index in [4.69, 9.17) is 9.47 Å². The summed E-state index contributed by atoms with van der Waals surface area (Å²) in [7, 11) is 2.67. The number of ketones is 1. The minimum absolute atomic E-state index is 0.00537. The summed E-state index contributed by atoms with van der Waals surface area (Å²) in [6.07, 6.45) is 2.63. The summed E-state index contributed by atoms with van der Waals surface area (Å²) in [4.78, 5) is 27.1. The summed E-state index contributed by atoms with van der Waals surface area (Å²) in [5.74, 6) is -0.833. The van der Waals surface area contributed by atoms with Crippen LogP contribution in [-0.2, 0) is 0 Å². The Morgan fingerprint density at radius 2 is 1.82 bits per heavy atom. The lowest BCUT2D eigenvalue weighted by atomic mass is 9.87. The number of pyridine rings is 1. The monoisotopic (exact) mass is 311 g/mol. The highest BCUT2D eigenvalue weighted by atomic mass is 16.5. The number of carbonyl (C=O) groups is 1. The van der Waals surface area contributed by atoms with Gasteiger partial charge in [-0.25, -0.2) is 0 Å². The van der Waals surface area contributed by atoms with E-state index in [0.29, 0.717) is 12.3 Å². The molecule has 0 amide bonds. The van der Waals surface area contributed by atoms with Crippen molar-refractivity contribution in [2.24, 2.45) is 11.8 Å². The number of hydrogen-bond donors (Lipinski definition) is 2. The molecule has 1 heterocycles. The van der Waals surface area contributed by atoms with Gasteiger partial charge in [0.25, 0.3) is 5.56 Å². The minimum atomic E-state index is -0.670. The molecule has 0 spiro atoms. The van der Waals surface area contributed by atoms with Crippen LogP contribution in [0.5, 0.6) is 17.4 Å². The molecular formula is C16H25NO5. The SMILES string of the molecule is CCC(CC)CC(C)C(=O)c1c(O)c(OC)c(OC)[nH]c1=O. The van der Waals surface area contributed by atoms with Crippen LogP contribution in [0.2, 0.25) is 0 Å². The van der Waals surface area contributed by atoms with Gasteiger partial charge in [0, 0.05) is 5.92 Å². The number of rotatable bonds is 8. The maximum Gasteiger partial charge on any atom is 0.265 e. The zero-order valence-corrected chi connectivity index (χ0v) is 13.9. The van der Waals surface area contributed by atoms with Crippen molar-refractivity contribution in [3.05, 3.63) is 15.9 Å². The molecule has 0 aliphatic rings. The number of aromatic amines is 1. The van der Waals surface area contributed by atoms with Crippen molar-refractivity contribution in [2.75, 3.05) is 14.2 Å². The van der Waals surface area contributed by atoms with Crippen LogP contribution >= 0.6 is 0 Å². The Morgan fingerprint density at radius 1 is 1.23 bits per heavy atom. The Bertz CT molecular complexity index is 575.